The van der Waals surface area contributed by atoms with Crippen LogP contribution in [0.3, 0.4) is 0 Å². The monoisotopic (exact) mass is 382 g/mol. The quantitative estimate of drug-likeness (QED) is 0.728. The van der Waals surface area contributed by atoms with Crippen molar-refractivity contribution in [1.29, 1.82) is 0 Å². The molecule has 0 unspecified atom stereocenters. The van der Waals surface area contributed by atoms with Gasteiger partial charge in [-0.1, -0.05) is 30.0 Å². The fraction of sp³-hybridized carbons (Fsp3) is 0.222. The fourth-order valence-electron chi connectivity index (χ4n) is 2.45. The molecular weight excluding hydrogens is 368 g/mol. The van der Waals surface area contributed by atoms with Gasteiger partial charge in [-0.3, -0.25) is 14.7 Å². The zero-order valence-electron chi connectivity index (χ0n) is 13.5. The second-order valence-corrected chi connectivity index (χ2v) is 6.56. The Morgan fingerprint density at radius 3 is 2.58 bits per heavy atom. The Bertz CT molecular complexity index is 834. The maximum Gasteiger partial charge on any atom is 0.416 e. The van der Waals surface area contributed by atoms with E-state index in [4.69, 9.17) is 0 Å². The Kier molecular flexibility index (Phi) is 5.31. The lowest BCUT2D eigenvalue weighted by atomic mass is 10.1. The van der Waals surface area contributed by atoms with Crippen molar-refractivity contribution in [2.24, 2.45) is 4.99 Å². The summed E-state index contributed by atoms with van der Waals surface area (Å²) in [6, 6.07) is 10.3. The van der Waals surface area contributed by atoms with Gasteiger partial charge in [0.2, 0.25) is 0 Å². The molecule has 2 aromatic carbocycles. The third-order valence-corrected chi connectivity index (χ3v) is 4.85. The van der Waals surface area contributed by atoms with Gasteiger partial charge in [0, 0.05) is 17.9 Å². The summed E-state index contributed by atoms with van der Waals surface area (Å²) in [7, 11) is 0. The Morgan fingerprint density at radius 2 is 1.88 bits per heavy atom. The SMILES string of the molecule is O=C(c1cccc(C(F)(F)F)c1)N1CCN=C1SCc1ccc(F)cc1. The lowest BCUT2D eigenvalue weighted by Gasteiger charge is -2.18. The second kappa shape index (κ2) is 7.49. The maximum absolute atomic E-state index is 12.9. The van der Waals surface area contributed by atoms with Crippen molar-refractivity contribution in [3.8, 4) is 0 Å². The average Bonchev–Trinajstić information content (AvgIpc) is 3.08. The van der Waals surface area contributed by atoms with E-state index < -0.39 is 17.6 Å². The predicted molar refractivity (Wildman–Crippen MR) is 92.5 cm³/mol. The maximum atomic E-state index is 12.9. The summed E-state index contributed by atoms with van der Waals surface area (Å²) in [6.45, 7) is 0.720. The Morgan fingerprint density at radius 1 is 1.15 bits per heavy atom. The van der Waals surface area contributed by atoms with Gasteiger partial charge in [-0.05, 0) is 35.9 Å². The number of hydrogen-bond acceptors (Lipinski definition) is 3. The summed E-state index contributed by atoms with van der Waals surface area (Å²) in [5.74, 6) is -0.372. The average molecular weight is 382 g/mol. The van der Waals surface area contributed by atoms with Crippen LogP contribution in [0.25, 0.3) is 0 Å². The highest BCUT2D eigenvalue weighted by Gasteiger charge is 2.32. The van der Waals surface area contributed by atoms with Crippen LogP contribution < -0.4 is 0 Å². The standard InChI is InChI=1S/C18H14F4N2OS/c19-15-6-4-12(5-7-15)11-26-17-23-8-9-24(17)16(25)13-2-1-3-14(10-13)18(20,21)22/h1-7,10H,8-9,11H2. The van der Waals surface area contributed by atoms with E-state index in [0.29, 0.717) is 24.0 Å². The molecule has 2 aromatic rings. The minimum Gasteiger partial charge on any atom is -0.286 e. The number of thioether (sulfide) groups is 1. The van der Waals surface area contributed by atoms with Crippen LogP contribution in [0.5, 0.6) is 0 Å². The van der Waals surface area contributed by atoms with Gasteiger partial charge >= 0.3 is 6.18 Å². The van der Waals surface area contributed by atoms with Gasteiger partial charge in [0.1, 0.15) is 5.82 Å². The lowest BCUT2D eigenvalue weighted by molar-refractivity contribution is -0.137. The number of amidine groups is 1. The molecule has 3 nitrogen and oxygen atoms in total. The molecule has 1 amide bonds. The van der Waals surface area contributed by atoms with Crippen molar-refractivity contribution in [2.75, 3.05) is 13.1 Å². The van der Waals surface area contributed by atoms with E-state index >= 15 is 0 Å². The van der Waals surface area contributed by atoms with Gasteiger partial charge in [-0.2, -0.15) is 13.2 Å². The van der Waals surface area contributed by atoms with Crippen LogP contribution in [0.4, 0.5) is 17.6 Å². The van der Waals surface area contributed by atoms with Crippen molar-refractivity contribution < 1.29 is 22.4 Å². The summed E-state index contributed by atoms with van der Waals surface area (Å²) < 4.78 is 51.5. The Balaban J connectivity index is 1.71. The highest BCUT2D eigenvalue weighted by atomic mass is 32.2. The molecule has 0 aliphatic carbocycles. The minimum absolute atomic E-state index is 0.0307. The van der Waals surface area contributed by atoms with Gasteiger partial charge in [-0.15, -0.1) is 0 Å². The third-order valence-electron chi connectivity index (χ3n) is 3.76. The first-order valence-corrected chi connectivity index (χ1v) is 8.74. The van der Waals surface area contributed by atoms with Crippen LogP contribution in [0.1, 0.15) is 21.5 Å². The number of alkyl halides is 3. The number of halogens is 4. The van der Waals surface area contributed by atoms with Crippen molar-refractivity contribution in [3.63, 3.8) is 0 Å². The van der Waals surface area contributed by atoms with Gasteiger partial charge in [0.15, 0.2) is 5.17 Å². The summed E-state index contributed by atoms with van der Waals surface area (Å²) in [6.07, 6.45) is -4.50. The first-order valence-electron chi connectivity index (χ1n) is 7.75. The molecule has 136 valence electrons. The Labute approximate surface area is 151 Å². The van der Waals surface area contributed by atoms with Crippen molar-refractivity contribution in [1.82, 2.24) is 4.90 Å². The van der Waals surface area contributed by atoms with E-state index in [2.05, 4.69) is 4.99 Å². The van der Waals surface area contributed by atoms with E-state index in [0.717, 1.165) is 17.7 Å². The molecule has 0 fully saturated rings. The third kappa shape index (κ3) is 4.24. The number of rotatable bonds is 3. The molecule has 0 saturated heterocycles. The van der Waals surface area contributed by atoms with Crippen LogP contribution in [0.2, 0.25) is 0 Å². The number of carbonyl (C=O) groups excluding carboxylic acids is 1. The topological polar surface area (TPSA) is 32.7 Å². The van der Waals surface area contributed by atoms with E-state index in [1.165, 1.54) is 40.9 Å². The van der Waals surface area contributed by atoms with Gasteiger partial charge < -0.3 is 0 Å². The van der Waals surface area contributed by atoms with E-state index in [9.17, 15) is 22.4 Å². The summed E-state index contributed by atoms with van der Waals surface area (Å²) in [5, 5.41) is 0.455. The molecule has 0 spiro atoms. The van der Waals surface area contributed by atoms with Crippen LogP contribution in [-0.4, -0.2) is 29.1 Å². The molecule has 0 aromatic heterocycles. The van der Waals surface area contributed by atoms with Crippen LogP contribution >= 0.6 is 11.8 Å². The molecule has 0 radical (unpaired) electrons. The first-order chi connectivity index (χ1) is 12.3. The molecule has 26 heavy (non-hydrogen) atoms. The zero-order valence-corrected chi connectivity index (χ0v) is 14.3. The van der Waals surface area contributed by atoms with Crippen molar-refractivity contribution >= 4 is 22.8 Å². The van der Waals surface area contributed by atoms with Crippen molar-refractivity contribution in [2.45, 2.75) is 11.9 Å². The largest absolute Gasteiger partial charge is 0.416 e. The molecule has 0 saturated carbocycles. The zero-order chi connectivity index (χ0) is 18.7. The number of amides is 1. The van der Waals surface area contributed by atoms with E-state index in [1.807, 2.05) is 0 Å². The summed E-state index contributed by atoms with van der Waals surface area (Å²) in [5.41, 5.74) is -0.0331. The molecule has 1 aliphatic heterocycles. The van der Waals surface area contributed by atoms with Gasteiger partial charge in [-0.25, -0.2) is 4.39 Å². The smallest absolute Gasteiger partial charge is 0.286 e. The molecule has 0 bridgehead atoms. The number of carbonyl (C=O) groups is 1. The Hall–Kier alpha value is -2.35. The van der Waals surface area contributed by atoms with E-state index in [-0.39, 0.29) is 11.4 Å². The molecule has 8 heteroatoms. The molecule has 1 aliphatic rings. The van der Waals surface area contributed by atoms with Gasteiger partial charge in [0.25, 0.3) is 5.91 Å². The molecular formula is C18H14F4N2OS. The lowest BCUT2D eigenvalue weighted by Crippen LogP contribution is -2.33. The highest BCUT2D eigenvalue weighted by Crippen LogP contribution is 2.30. The molecule has 0 atom stereocenters. The van der Waals surface area contributed by atoms with E-state index in [1.54, 1.807) is 12.1 Å². The molecule has 0 N–H and O–H groups in total. The number of nitrogens with zero attached hydrogens (tertiary/aromatic N) is 2. The number of benzene rings is 2. The number of aliphatic imine (C=N–C) groups is 1. The fourth-order valence-corrected chi connectivity index (χ4v) is 3.45. The molecule has 1 heterocycles. The second-order valence-electron chi connectivity index (χ2n) is 5.61. The van der Waals surface area contributed by atoms with Gasteiger partial charge in [0.05, 0.1) is 12.1 Å². The molecule has 3 rings (SSSR count). The number of hydrogen-bond donors (Lipinski definition) is 0. The van der Waals surface area contributed by atoms with Crippen LogP contribution in [-0.2, 0) is 11.9 Å². The summed E-state index contributed by atoms with van der Waals surface area (Å²) >= 11 is 1.29. The highest BCUT2D eigenvalue weighted by molar-refractivity contribution is 8.13. The normalized spacial score (nSPS) is 14.5. The van der Waals surface area contributed by atoms with Crippen molar-refractivity contribution in [3.05, 3.63) is 71.0 Å². The summed E-state index contributed by atoms with van der Waals surface area (Å²) in [4.78, 5) is 18.2. The predicted octanol–water partition coefficient (Wildman–Crippen LogP) is 4.59. The first kappa shape index (κ1) is 18.4. The van der Waals surface area contributed by atoms with Crippen LogP contribution in [0, 0.1) is 5.82 Å². The minimum atomic E-state index is -4.50. The van der Waals surface area contributed by atoms with Crippen LogP contribution in [0.15, 0.2) is 53.5 Å².